The van der Waals surface area contributed by atoms with E-state index in [2.05, 4.69) is 33.9 Å². The Hall–Kier alpha value is -1.40. The molecule has 1 spiro atoms. The van der Waals surface area contributed by atoms with Crippen molar-refractivity contribution < 1.29 is 4.79 Å². The van der Waals surface area contributed by atoms with Gasteiger partial charge in [0.2, 0.25) is 0 Å². The molecule has 26 heavy (non-hydrogen) atoms. The molecule has 2 heterocycles. The molecule has 2 aliphatic rings. The van der Waals surface area contributed by atoms with Gasteiger partial charge < -0.3 is 10.2 Å². The Labute approximate surface area is 167 Å². The van der Waals surface area contributed by atoms with E-state index in [9.17, 15) is 4.79 Å². The lowest BCUT2D eigenvalue weighted by atomic mass is 9.74. The molecule has 0 radical (unpaired) electrons. The van der Waals surface area contributed by atoms with Crippen molar-refractivity contribution in [2.45, 2.75) is 11.4 Å². The summed E-state index contributed by atoms with van der Waals surface area (Å²) < 4.78 is 2.36. The first kappa shape index (κ1) is 18.0. The predicted molar refractivity (Wildman–Crippen MR) is 107 cm³/mol. The van der Waals surface area contributed by atoms with Crippen molar-refractivity contribution in [1.29, 1.82) is 0 Å². The van der Waals surface area contributed by atoms with Gasteiger partial charge in [0.25, 0.3) is 0 Å². The van der Waals surface area contributed by atoms with Gasteiger partial charge in [-0.05, 0) is 41.8 Å². The standard InChI is InChI=1S/C19H19Cl2N3OS/c20-15-7-6-14(17(21)8-15)9-22-18(25)23-10-19(11-23)12-24(13-19)26-16-4-2-1-3-5-16/h1-8H,9-13H2,(H,22,25). The van der Waals surface area contributed by atoms with Crippen molar-refractivity contribution in [2.75, 3.05) is 26.2 Å². The Balaban J connectivity index is 1.21. The number of carbonyl (C=O) groups is 1. The van der Waals surface area contributed by atoms with E-state index in [1.807, 2.05) is 17.0 Å². The molecule has 136 valence electrons. The van der Waals surface area contributed by atoms with Crippen LogP contribution in [0.2, 0.25) is 10.0 Å². The largest absolute Gasteiger partial charge is 0.334 e. The summed E-state index contributed by atoms with van der Waals surface area (Å²) in [5.41, 5.74) is 1.14. The highest BCUT2D eigenvalue weighted by Gasteiger charge is 2.53. The average molecular weight is 408 g/mol. The van der Waals surface area contributed by atoms with E-state index in [1.54, 1.807) is 24.1 Å². The first-order chi connectivity index (χ1) is 12.5. The summed E-state index contributed by atoms with van der Waals surface area (Å²) in [4.78, 5) is 15.4. The molecule has 4 rings (SSSR count). The maximum absolute atomic E-state index is 12.3. The number of likely N-dealkylation sites (tertiary alicyclic amines) is 1. The summed E-state index contributed by atoms with van der Waals surface area (Å²) in [7, 11) is 0. The maximum Gasteiger partial charge on any atom is 0.317 e. The third-order valence-electron chi connectivity index (χ3n) is 4.79. The van der Waals surface area contributed by atoms with E-state index in [0.29, 0.717) is 16.6 Å². The first-order valence-corrected chi connectivity index (χ1v) is 10.0. The molecule has 0 bridgehead atoms. The highest BCUT2D eigenvalue weighted by molar-refractivity contribution is 7.97. The minimum absolute atomic E-state index is 0.0317. The van der Waals surface area contributed by atoms with E-state index in [-0.39, 0.29) is 11.4 Å². The zero-order valence-corrected chi connectivity index (χ0v) is 16.4. The molecule has 4 nitrogen and oxygen atoms in total. The van der Waals surface area contributed by atoms with Crippen LogP contribution in [0.15, 0.2) is 53.4 Å². The van der Waals surface area contributed by atoms with E-state index in [0.717, 1.165) is 31.7 Å². The average Bonchev–Trinajstić information content (AvgIpc) is 2.55. The Morgan fingerprint density at radius 2 is 1.81 bits per heavy atom. The third-order valence-corrected chi connectivity index (χ3v) is 6.37. The summed E-state index contributed by atoms with van der Waals surface area (Å²) in [6.07, 6.45) is 0. The SMILES string of the molecule is O=C(NCc1ccc(Cl)cc1Cl)N1CC2(CN(Sc3ccccc3)C2)C1. The monoisotopic (exact) mass is 407 g/mol. The lowest BCUT2D eigenvalue weighted by Gasteiger charge is -2.59. The van der Waals surface area contributed by atoms with Crippen molar-refractivity contribution >= 4 is 41.2 Å². The molecule has 0 unspecified atom stereocenters. The Kier molecular flexibility index (Phi) is 5.06. The smallest absolute Gasteiger partial charge is 0.317 e. The molecule has 2 aliphatic heterocycles. The molecular weight excluding hydrogens is 389 g/mol. The van der Waals surface area contributed by atoms with E-state index in [1.165, 1.54) is 4.90 Å². The molecule has 1 N–H and O–H groups in total. The molecule has 2 fully saturated rings. The van der Waals surface area contributed by atoms with Crippen LogP contribution in [0.25, 0.3) is 0 Å². The second-order valence-corrected chi connectivity index (χ2v) is 8.97. The first-order valence-electron chi connectivity index (χ1n) is 8.48. The van der Waals surface area contributed by atoms with Crippen LogP contribution in [0.1, 0.15) is 5.56 Å². The number of halogens is 2. The van der Waals surface area contributed by atoms with Crippen LogP contribution in [0, 0.1) is 5.41 Å². The summed E-state index contributed by atoms with van der Waals surface area (Å²) in [6, 6.07) is 15.7. The van der Waals surface area contributed by atoms with E-state index >= 15 is 0 Å². The molecule has 2 amide bonds. The fraction of sp³-hybridized carbons (Fsp3) is 0.316. The molecule has 0 atom stereocenters. The predicted octanol–water partition coefficient (Wildman–Crippen LogP) is 4.53. The molecule has 2 aromatic carbocycles. The van der Waals surface area contributed by atoms with Gasteiger partial charge in [-0.15, -0.1) is 0 Å². The third kappa shape index (κ3) is 3.81. The maximum atomic E-state index is 12.3. The minimum Gasteiger partial charge on any atom is -0.334 e. The van der Waals surface area contributed by atoms with Crippen LogP contribution in [0.4, 0.5) is 4.79 Å². The number of rotatable bonds is 4. The highest BCUT2D eigenvalue weighted by atomic mass is 35.5. The van der Waals surface area contributed by atoms with Crippen molar-refractivity contribution in [3.8, 4) is 0 Å². The number of carbonyl (C=O) groups excluding carboxylic acids is 1. The summed E-state index contributed by atoms with van der Waals surface area (Å²) in [5, 5.41) is 4.11. The van der Waals surface area contributed by atoms with Gasteiger partial charge in [-0.2, -0.15) is 0 Å². The Morgan fingerprint density at radius 3 is 2.50 bits per heavy atom. The van der Waals surface area contributed by atoms with Crippen LogP contribution < -0.4 is 5.32 Å². The summed E-state index contributed by atoms with van der Waals surface area (Å²) >= 11 is 13.8. The lowest BCUT2D eigenvalue weighted by Crippen LogP contribution is -2.72. The van der Waals surface area contributed by atoms with Crippen molar-refractivity contribution in [3.63, 3.8) is 0 Å². The number of nitrogens with zero attached hydrogens (tertiary/aromatic N) is 2. The van der Waals surface area contributed by atoms with Crippen LogP contribution in [-0.4, -0.2) is 41.4 Å². The van der Waals surface area contributed by atoms with Gasteiger partial charge in [0, 0.05) is 53.1 Å². The van der Waals surface area contributed by atoms with Crippen molar-refractivity contribution in [2.24, 2.45) is 5.41 Å². The van der Waals surface area contributed by atoms with E-state index in [4.69, 9.17) is 23.2 Å². The Morgan fingerprint density at radius 1 is 1.08 bits per heavy atom. The van der Waals surface area contributed by atoms with Crippen LogP contribution in [0.3, 0.4) is 0 Å². The quantitative estimate of drug-likeness (QED) is 0.756. The number of urea groups is 1. The van der Waals surface area contributed by atoms with Gasteiger partial charge in [0.05, 0.1) is 0 Å². The van der Waals surface area contributed by atoms with Gasteiger partial charge in [0.15, 0.2) is 0 Å². The van der Waals surface area contributed by atoms with Gasteiger partial charge in [0.1, 0.15) is 0 Å². The topological polar surface area (TPSA) is 35.6 Å². The normalized spacial score (nSPS) is 18.3. The Bertz CT molecular complexity index is 804. The number of hydrogen-bond donors (Lipinski definition) is 1. The number of amides is 2. The van der Waals surface area contributed by atoms with Gasteiger partial charge >= 0.3 is 6.03 Å². The molecule has 7 heteroatoms. The highest BCUT2D eigenvalue weighted by Crippen LogP contribution is 2.44. The number of nitrogens with one attached hydrogen (secondary N) is 1. The molecule has 2 aromatic rings. The second-order valence-electron chi connectivity index (χ2n) is 6.95. The molecule has 0 aliphatic carbocycles. The van der Waals surface area contributed by atoms with Crippen molar-refractivity contribution in [3.05, 3.63) is 64.1 Å². The van der Waals surface area contributed by atoms with Crippen LogP contribution >= 0.6 is 35.1 Å². The zero-order valence-electron chi connectivity index (χ0n) is 14.1. The van der Waals surface area contributed by atoms with Crippen LogP contribution in [0.5, 0.6) is 0 Å². The minimum atomic E-state index is -0.0317. The van der Waals surface area contributed by atoms with Crippen LogP contribution in [-0.2, 0) is 6.54 Å². The molecular formula is C19H19Cl2N3OS. The van der Waals surface area contributed by atoms with Crippen molar-refractivity contribution in [1.82, 2.24) is 14.5 Å². The molecule has 2 saturated heterocycles. The lowest BCUT2D eigenvalue weighted by molar-refractivity contribution is -0.0525. The fourth-order valence-electron chi connectivity index (χ4n) is 3.45. The summed E-state index contributed by atoms with van der Waals surface area (Å²) in [6.45, 7) is 4.10. The zero-order chi connectivity index (χ0) is 18.1. The van der Waals surface area contributed by atoms with Gasteiger partial charge in [-0.25, -0.2) is 9.10 Å². The second kappa shape index (κ2) is 7.31. The van der Waals surface area contributed by atoms with Gasteiger partial charge in [-0.1, -0.05) is 47.5 Å². The fourth-order valence-corrected chi connectivity index (χ4v) is 5.18. The van der Waals surface area contributed by atoms with E-state index < -0.39 is 0 Å². The summed E-state index contributed by atoms with van der Waals surface area (Å²) in [5.74, 6) is 0. The molecule has 0 saturated carbocycles. The van der Waals surface area contributed by atoms with Gasteiger partial charge in [-0.3, -0.25) is 0 Å². The number of benzene rings is 2. The molecule has 0 aromatic heterocycles. The number of hydrogen-bond acceptors (Lipinski definition) is 3.